The summed E-state index contributed by atoms with van der Waals surface area (Å²) in [5.74, 6) is -0.432. The van der Waals surface area contributed by atoms with Crippen molar-refractivity contribution in [3.8, 4) is 0 Å². The summed E-state index contributed by atoms with van der Waals surface area (Å²) in [4.78, 5) is 26.4. The predicted molar refractivity (Wildman–Crippen MR) is 93.0 cm³/mol. The lowest BCUT2D eigenvalue weighted by Gasteiger charge is -2.27. The Balaban J connectivity index is 1.59. The van der Waals surface area contributed by atoms with Crippen LogP contribution in [0.2, 0.25) is 0 Å². The number of likely N-dealkylation sites (tertiary alicyclic amines) is 1. The van der Waals surface area contributed by atoms with Crippen molar-refractivity contribution in [1.82, 2.24) is 10.2 Å². The third kappa shape index (κ3) is 4.37. The molecule has 2 fully saturated rings. The number of carbonyl (C=O) groups is 2. The maximum Gasteiger partial charge on any atom is 0.239 e. The lowest BCUT2D eigenvalue weighted by atomic mass is 9.88. The molecule has 1 heterocycles. The highest BCUT2D eigenvalue weighted by molar-refractivity contribution is 5.81. The molecule has 0 spiro atoms. The zero-order valence-corrected chi connectivity index (χ0v) is 14.4. The van der Waals surface area contributed by atoms with Gasteiger partial charge in [-0.3, -0.25) is 14.9 Å². The topological polar surface area (TPSA) is 75.4 Å². The molecule has 0 bridgehead atoms. The number of nitrogens with zero attached hydrogens (tertiary/aromatic N) is 1. The Morgan fingerprint density at radius 2 is 1.80 bits per heavy atom. The summed E-state index contributed by atoms with van der Waals surface area (Å²) in [5, 5.41) is 3.25. The Bertz CT molecular complexity index is 614. The molecule has 3 N–H and O–H groups in total. The highest BCUT2D eigenvalue weighted by Crippen LogP contribution is 2.27. The Hall–Kier alpha value is -1.95. The van der Waals surface area contributed by atoms with E-state index in [1.807, 2.05) is 4.90 Å². The van der Waals surface area contributed by atoms with E-state index in [1.54, 1.807) is 12.1 Å². The summed E-state index contributed by atoms with van der Waals surface area (Å²) in [7, 11) is 0. The number of primary amides is 1. The van der Waals surface area contributed by atoms with Crippen molar-refractivity contribution < 1.29 is 14.0 Å². The minimum Gasteiger partial charge on any atom is -0.368 e. The molecule has 6 heteroatoms. The van der Waals surface area contributed by atoms with E-state index in [1.165, 1.54) is 18.6 Å². The van der Waals surface area contributed by atoms with E-state index in [-0.39, 0.29) is 23.7 Å². The number of carbonyl (C=O) groups excluding carboxylic acids is 2. The fourth-order valence-corrected chi connectivity index (χ4v) is 3.94. The van der Waals surface area contributed by atoms with E-state index in [4.69, 9.17) is 5.73 Å². The van der Waals surface area contributed by atoms with Gasteiger partial charge in [-0.15, -0.1) is 0 Å². The lowest BCUT2D eigenvalue weighted by molar-refractivity contribution is -0.135. The molecule has 2 aliphatic rings. The van der Waals surface area contributed by atoms with Gasteiger partial charge in [0.15, 0.2) is 0 Å². The smallest absolute Gasteiger partial charge is 0.239 e. The summed E-state index contributed by atoms with van der Waals surface area (Å²) >= 11 is 0. The number of benzene rings is 1. The van der Waals surface area contributed by atoms with Crippen molar-refractivity contribution >= 4 is 11.8 Å². The molecule has 5 nitrogen and oxygen atoms in total. The second-order valence-electron chi connectivity index (χ2n) is 7.16. The van der Waals surface area contributed by atoms with E-state index < -0.39 is 11.9 Å². The standard InChI is InChI=1S/C19H26FN3O2/c20-15-8-6-13(7-9-15)17(18(21)24)22-16-10-11-23(12-16)19(25)14-4-2-1-3-5-14/h6-9,14,16-17,22H,1-5,10-12H2,(H2,21,24)/t16-,17-/m0/s1. The molecule has 1 aliphatic carbocycles. The average molecular weight is 347 g/mol. The first-order valence-corrected chi connectivity index (χ1v) is 9.14. The zero-order chi connectivity index (χ0) is 17.8. The summed E-state index contributed by atoms with van der Waals surface area (Å²) in [6, 6.07) is 5.13. The van der Waals surface area contributed by atoms with Crippen LogP contribution in [0.4, 0.5) is 4.39 Å². The molecule has 1 saturated carbocycles. The maximum atomic E-state index is 13.1. The van der Waals surface area contributed by atoms with Gasteiger partial charge in [0.1, 0.15) is 11.9 Å². The van der Waals surface area contributed by atoms with Crippen LogP contribution in [-0.4, -0.2) is 35.8 Å². The summed E-state index contributed by atoms with van der Waals surface area (Å²) in [6.07, 6.45) is 6.29. The van der Waals surface area contributed by atoms with Crippen LogP contribution in [0.5, 0.6) is 0 Å². The second kappa shape index (κ2) is 7.95. The molecule has 1 aromatic carbocycles. The van der Waals surface area contributed by atoms with Gasteiger partial charge in [0.05, 0.1) is 0 Å². The molecule has 3 rings (SSSR count). The first-order chi connectivity index (χ1) is 12.0. The molecule has 1 saturated heterocycles. The molecule has 2 amide bonds. The van der Waals surface area contributed by atoms with Crippen LogP contribution in [0.3, 0.4) is 0 Å². The largest absolute Gasteiger partial charge is 0.368 e. The summed E-state index contributed by atoms with van der Waals surface area (Å²) < 4.78 is 13.1. The molecule has 1 aromatic rings. The minimum absolute atomic E-state index is 0.0232. The van der Waals surface area contributed by atoms with Crippen LogP contribution < -0.4 is 11.1 Å². The van der Waals surface area contributed by atoms with Crippen molar-refractivity contribution in [1.29, 1.82) is 0 Å². The number of halogens is 1. The molecule has 0 radical (unpaired) electrons. The van der Waals surface area contributed by atoms with Crippen LogP contribution in [0.1, 0.15) is 50.1 Å². The SMILES string of the molecule is NC(=O)[C@@H](N[C@H]1CCN(C(=O)C2CCCCC2)C1)c1ccc(F)cc1. The van der Waals surface area contributed by atoms with Gasteiger partial charge in [-0.2, -0.15) is 0 Å². The van der Waals surface area contributed by atoms with Gasteiger partial charge in [0.2, 0.25) is 11.8 Å². The Labute approximate surface area is 147 Å². The quantitative estimate of drug-likeness (QED) is 0.857. The minimum atomic E-state index is -0.671. The molecular weight excluding hydrogens is 321 g/mol. The molecule has 0 aromatic heterocycles. The first kappa shape index (κ1) is 17.9. The Kier molecular flexibility index (Phi) is 5.68. The van der Waals surface area contributed by atoms with Gasteiger partial charge < -0.3 is 10.6 Å². The summed E-state index contributed by atoms with van der Waals surface area (Å²) in [6.45, 7) is 1.31. The van der Waals surface area contributed by atoms with E-state index in [2.05, 4.69) is 5.32 Å². The van der Waals surface area contributed by atoms with Gasteiger partial charge in [-0.05, 0) is 37.0 Å². The van der Waals surface area contributed by atoms with Crippen molar-refractivity contribution in [2.24, 2.45) is 11.7 Å². The van der Waals surface area contributed by atoms with Gasteiger partial charge >= 0.3 is 0 Å². The Morgan fingerprint density at radius 1 is 1.12 bits per heavy atom. The van der Waals surface area contributed by atoms with E-state index in [0.29, 0.717) is 18.7 Å². The molecule has 25 heavy (non-hydrogen) atoms. The highest BCUT2D eigenvalue weighted by Gasteiger charge is 2.33. The number of amides is 2. The van der Waals surface area contributed by atoms with Crippen LogP contribution in [-0.2, 0) is 9.59 Å². The van der Waals surface area contributed by atoms with E-state index >= 15 is 0 Å². The monoisotopic (exact) mass is 347 g/mol. The Morgan fingerprint density at radius 3 is 2.44 bits per heavy atom. The van der Waals surface area contributed by atoms with Crippen molar-refractivity contribution in [2.75, 3.05) is 13.1 Å². The predicted octanol–water partition coefficient (Wildman–Crippen LogP) is 2.12. The first-order valence-electron chi connectivity index (χ1n) is 9.14. The van der Waals surface area contributed by atoms with Gasteiger partial charge in [-0.25, -0.2) is 4.39 Å². The molecule has 2 atom stereocenters. The van der Waals surface area contributed by atoms with E-state index in [9.17, 15) is 14.0 Å². The average Bonchev–Trinajstić information content (AvgIpc) is 3.09. The maximum absolute atomic E-state index is 13.1. The van der Waals surface area contributed by atoms with Crippen LogP contribution in [0.15, 0.2) is 24.3 Å². The van der Waals surface area contributed by atoms with Crippen LogP contribution in [0.25, 0.3) is 0 Å². The number of nitrogens with one attached hydrogen (secondary N) is 1. The number of hydrogen-bond acceptors (Lipinski definition) is 3. The normalized spacial score (nSPS) is 22.8. The second-order valence-corrected chi connectivity index (χ2v) is 7.16. The molecule has 0 unspecified atom stereocenters. The summed E-state index contributed by atoms with van der Waals surface area (Å²) in [5.41, 5.74) is 6.16. The molecule has 136 valence electrons. The van der Waals surface area contributed by atoms with Crippen LogP contribution >= 0.6 is 0 Å². The van der Waals surface area contributed by atoms with Crippen LogP contribution in [0, 0.1) is 11.7 Å². The van der Waals surface area contributed by atoms with Crippen molar-refractivity contribution in [3.63, 3.8) is 0 Å². The van der Waals surface area contributed by atoms with Crippen molar-refractivity contribution in [3.05, 3.63) is 35.6 Å². The zero-order valence-electron chi connectivity index (χ0n) is 14.4. The van der Waals surface area contributed by atoms with E-state index in [0.717, 1.165) is 32.1 Å². The van der Waals surface area contributed by atoms with Gasteiger partial charge in [-0.1, -0.05) is 31.4 Å². The van der Waals surface area contributed by atoms with Gasteiger partial charge in [0.25, 0.3) is 0 Å². The fraction of sp³-hybridized carbons (Fsp3) is 0.579. The number of hydrogen-bond donors (Lipinski definition) is 2. The number of rotatable bonds is 5. The lowest BCUT2D eigenvalue weighted by Crippen LogP contribution is -2.43. The fourth-order valence-electron chi connectivity index (χ4n) is 3.94. The number of nitrogens with two attached hydrogens (primary N) is 1. The highest BCUT2D eigenvalue weighted by atomic mass is 19.1. The third-order valence-corrected chi connectivity index (χ3v) is 5.34. The molecule has 1 aliphatic heterocycles. The third-order valence-electron chi connectivity index (χ3n) is 5.34. The van der Waals surface area contributed by atoms with Gasteiger partial charge in [0, 0.05) is 25.0 Å². The molecular formula is C19H26FN3O2. The van der Waals surface area contributed by atoms with Crippen molar-refractivity contribution in [2.45, 2.75) is 50.6 Å².